The molecule has 9 heteroatoms. The van der Waals surface area contributed by atoms with Gasteiger partial charge in [-0.1, -0.05) is 48.2 Å². The lowest BCUT2D eigenvalue weighted by Gasteiger charge is -2.35. The molecule has 0 N–H and O–H groups in total. The molecule has 8 nitrogen and oxygen atoms in total. The van der Waals surface area contributed by atoms with Crippen LogP contribution >= 0.6 is 11.8 Å². The summed E-state index contributed by atoms with van der Waals surface area (Å²) in [5, 5.41) is 9.60. The van der Waals surface area contributed by atoms with Gasteiger partial charge in [0.15, 0.2) is 22.5 Å². The zero-order valence-electron chi connectivity index (χ0n) is 18.6. The first-order valence-electron chi connectivity index (χ1n) is 11.0. The average molecular weight is 467 g/mol. The summed E-state index contributed by atoms with van der Waals surface area (Å²) in [4.78, 5) is 14.8. The molecule has 0 aliphatic carbocycles. The molecule has 0 radical (unpaired) electrons. The van der Waals surface area contributed by atoms with Crippen LogP contribution < -0.4 is 9.47 Å². The zero-order valence-corrected chi connectivity index (χ0v) is 19.5. The second kappa shape index (κ2) is 9.44. The Hall–Kier alpha value is -3.04. The Morgan fingerprint density at radius 2 is 1.79 bits per heavy atom. The molecule has 2 aliphatic heterocycles. The Morgan fingerprint density at radius 1 is 1.03 bits per heavy atom. The first kappa shape index (κ1) is 21.8. The van der Waals surface area contributed by atoms with E-state index in [2.05, 4.69) is 14.8 Å². The van der Waals surface area contributed by atoms with Crippen LogP contribution in [0, 0.1) is 0 Å². The molecule has 1 saturated heterocycles. The van der Waals surface area contributed by atoms with Crippen molar-refractivity contribution in [2.75, 3.05) is 25.6 Å². The van der Waals surface area contributed by atoms with Crippen LogP contribution in [0.25, 0.3) is 11.4 Å². The number of nitrogens with zero attached hydrogens (tertiary/aromatic N) is 4. The number of benzene rings is 2. The summed E-state index contributed by atoms with van der Waals surface area (Å²) < 4.78 is 18.8. The Morgan fingerprint density at radius 3 is 2.58 bits per heavy atom. The van der Waals surface area contributed by atoms with Crippen LogP contribution in [0.4, 0.5) is 0 Å². The van der Waals surface area contributed by atoms with Crippen LogP contribution in [0.5, 0.6) is 11.5 Å². The molecule has 1 aromatic heterocycles. The molecule has 1 amide bonds. The minimum Gasteiger partial charge on any atom is -0.454 e. The maximum atomic E-state index is 12.9. The van der Waals surface area contributed by atoms with E-state index in [0.29, 0.717) is 30.5 Å². The highest BCUT2D eigenvalue weighted by atomic mass is 32.2. The largest absolute Gasteiger partial charge is 0.454 e. The lowest BCUT2D eigenvalue weighted by Crippen LogP contribution is -2.48. The highest BCUT2D eigenvalue weighted by Gasteiger charge is 2.26. The molecule has 5 rings (SSSR count). The maximum Gasteiger partial charge on any atom is 0.233 e. The van der Waals surface area contributed by atoms with Gasteiger partial charge in [-0.25, -0.2) is 0 Å². The molecule has 2 atom stereocenters. The summed E-state index contributed by atoms with van der Waals surface area (Å²) in [7, 11) is 0. The van der Waals surface area contributed by atoms with Crippen molar-refractivity contribution in [3.8, 4) is 22.9 Å². The summed E-state index contributed by atoms with van der Waals surface area (Å²) in [5.74, 6) is 2.63. The molecule has 2 aliphatic rings. The van der Waals surface area contributed by atoms with E-state index < -0.39 is 0 Å². The predicted molar refractivity (Wildman–Crippen MR) is 124 cm³/mol. The molecule has 172 valence electrons. The van der Waals surface area contributed by atoms with Gasteiger partial charge in [-0.3, -0.25) is 9.36 Å². The summed E-state index contributed by atoms with van der Waals surface area (Å²) in [6.07, 6.45) is 0.0871. The first-order chi connectivity index (χ1) is 16.1. The van der Waals surface area contributed by atoms with Gasteiger partial charge in [-0.15, -0.1) is 10.2 Å². The minimum atomic E-state index is 0.0436. The van der Waals surface area contributed by atoms with Crippen LogP contribution in [0.3, 0.4) is 0 Å². The fraction of sp³-hybridized carbons (Fsp3) is 0.375. The first-order valence-corrected chi connectivity index (χ1v) is 12.0. The molecular formula is C24H26N4O4S. The van der Waals surface area contributed by atoms with E-state index in [0.717, 1.165) is 28.5 Å². The van der Waals surface area contributed by atoms with Crippen molar-refractivity contribution in [2.45, 2.75) is 37.8 Å². The van der Waals surface area contributed by atoms with Crippen molar-refractivity contribution >= 4 is 17.7 Å². The monoisotopic (exact) mass is 466 g/mol. The zero-order chi connectivity index (χ0) is 22.8. The number of hydrogen-bond acceptors (Lipinski definition) is 7. The Kier molecular flexibility index (Phi) is 6.24. The number of amides is 1. The Labute approximate surface area is 196 Å². The fourth-order valence-electron chi connectivity index (χ4n) is 4.16. The van der Waals surface area contributed by atoms with Gasteiger partial charge in [0.05, 0.1) is 24.5 Å². The Bertz CT molecular complexity index is 1130. The van der Waals surface area contributed by atoms with Crippen molar-refractivity contribution in [2.24, 2.45) is 0 Å². The van der Waals surface area contributed by atoms with Crippen molar-refractivity contribution in [3.05, 3.63) is 54.1 Å². The second-order valence-corrected chi connectivity index (χ2v) is 9.23. The van der Waals surface area contributed by atoms with Crippen LogP contribution in [-0.2, 0) is 16.1 Å². The molecule has 3 heterocycles. The van der Waals surface area contributed by atoms with Gasteiger partial charge < -0.3 is 19.1 Å². The van der Waals surface area contributed by atoms with Gasteiger partial charge in [-0.2, -0.15) is 0 Å². The lowest BCUT2D eigenvalue weighted by atomic mass is 10.2. The standard InChI is InChI=1S/C24H26N4O4S/c1-16-11-27(12-17(2)32-16)22(29)14-33-24-26-25-23(19-6-4-3-5-7-19)28(24)13-18-8-9-20-21(10-18)31-15-30-20/h3-10,16-17H,11-15H2,1-2H3/t16-,17-/m1/s1. The highest BCUT2D eigenvalue weighted by Crippen LogP contribution is 2.33. The Balaban J connectivity index is 1.38. The van der Waals surface area contributed by atoms with Gasteiger partial charge in [0.2, 0.25) is 12.7 Å². The third-order valence-corrected chi connectivity index (χ3v) is 6.58. The summed E-state index contributed by atoms with van der Waals surface area (Å²) >= 11 is 1.41. The number of aromatic nitrogens is 3. The topological polar surface area (TPSA) is 78.7 Å². The molecule has 1 fully saturated rings. The number of rotatable bonds is 6. The van der Waals surface area contributed by atoms with E-state index in [1.54, 1.807) is 0 Å². The summed E-state index contributed by atoms with van der Waals surface area (Å²) in [5.41, 5.74) is 2.01. The predicted octanol–water partition coefficient (Wildman–Crippen LogP) is 3.45. The molecule has 3 aromatic rings. The van der Waals surface area contributed by atoms with Gasteiger partial charge >= 0.3 is 0 Å². The van der Waals surface area contributed by atoms with Crippen molar-refractivity contribution in [3.63, 3.8) is 0 Å². The van der Waals surface area contributed by atoms with E-state index in [1.807, 2.05) is 67.3 Å². The van der Waals surface area contributed by atoms with Crippen LogP contribution in [0.15, 0.2) is 53.7 Å². The van der Waals surface area contributed by atoms with Crippen LogP contribution in [0.2, 0.25) is 0 Å². The minimum absolute atomic E-state index is 0.0436. The van der Waals surface area contributed by atoms with E-state index in [1.165, 1.54) is 11.8 Å². The average Bonchev–Trinajstić information content (AvgIpc) is 3.44. The quantitative estimate of drug-likeness (QED) is 0.515. The molecule has 0 saturated carbocycles. The third kappa shape index (κ3) is 4.84. The molecule has 0 bridgehead atoms. The van der Waals surface area contributed by atoms with Crippen molar-refractivity contribution in [1.82, 2.24) is 19.7 Å². The SMILES string of the molecule is C[C@@H]1CN(C(=O)CSc2nnc(-c3ccccc3)n2Cc2ccc3c(c2)OCO3)C[C@@H](C)O1. The number of thioether (sulfide) groups is 1. The maximum absolute atomic E-state index is 12.9. The van der Waals surface area contributed by atoms with E-state index in [4.69, 9.17) is 14.2 Å². The molecular weight excluding hydrogens is 440 g/mol. The number of fused-ring (bicyclic) bond motifs is 1. The number of morpholine rings is 1. The van der Waals surface area contributed by atoms with Gasteiger partial charge in [0.25, 0.3) is 0 Å². The number of ether oxygens (including phenoxy) is 3. The molecule has 0 unspecified atom stereocenters. The highest BCUT2D eigenvalue weighted by molar-refractivity contribution is 7.99. The lowest BCUT2D eigenvalue weighted by molar-refractivity contribution is -0.140. The van der Waals surface area contributed by atoms with Crippen LogP contribution in [0.1, 0.15) is 19.4 Å². The van der Waals surface area contributed by atoms with E-state index >= 15 is 0 Å². The van der Waals surface area contributed by atoms with Crippen molar-refractivity contribution in [1.29, 1.82) is 0 Å². The smallest absolute Gasteiger partial charge is 0.233 e. The van der Waals surface area contributed by atoms with Gasteiger partial charge in [-0.05, 0) is 31.5 Å². The normalized spacial score (nSPS) is 19.6. The summed E-state index contributed by atoms with van der Waals surface area (Å²) in [6, 6.07) is 15.9. The number of carbonyl (C=O) groups is 1. The van der Waals surface area contributed by atoms with Gasteiger partial charge in [0.1, 0.15) is 0 Å². The molecule has 2 aromatic carbocycles. The fourth-order valence-corrected chi connectivity index (χ4v) is 5.00. The number of carbonyl (C=O) groups excluding carboxylic acids is 1. The van der Waals surface area contributed by atoms with Gasteiger partial charge in [0, 0.05) is 18.7 Å². The second-order valence-electron chi connectivity index (χ2n) is 8.29. The summed E-state index contributed by atoms with van der Waals surface area (Å²) in [6.45, 7) is 6.01. The van der Waals surface area contributed by atoms with Crippen LogP contribution in [-0.4, -0.2) is 63.4 Å². The van der Waals surface area contributed by atoms with E-state index in [-0.39, 0.29) is 24.9 Å². The van der Waals surface area contributed by atoms with E-state index in [9.17, 15) is 4.79 Å². The van der Waals surface area contributed by atoms with Crippen molar-refractivity contribution < 1.29 is 19.0 Å². The molecule has 0 spiro atoms. The number of hydrogen-bond donors (Lipinski definition) is 0. The molecule has 33 heavy (non-hydrogen) atoms. The third-order valence-electron chi connectivity index (χ3n) is 5.62.